The predicted octanol–water partition coefficient (Wildman–Crippen LogP) is 2.79. The zero-order valence-corrected chi connectivity index (χ0v) is 21.7. The first-order chi connectivity index (χ1) is 17.1. The lowest BCUT2D eigenvalue weighted by Gasteiger charge is -2.30. The number of hydrogen-bond acceptors (Lipinski definition) is 6. The highest BCUT2D eigenvalue weighted by atomic mass is 35.5. The van der Waals surface area contributed by atoms with Crippen LogP contribution in [0.25, 0.3) is 5.57 Å². The summed E-state index contributed by atoms with van der Waals surface area (Å²) in [5.41, 5.74) is 9.34. The Bertz CT molecular complexity index is 1140. The fourth-order valence-corrected chi connectivity index (χ4v) is 4.84. The van der Waals surface area contributed by atoms with Crippen LogP contribution in [0.5, 0.6) is 5.75 Å². The Morgan fingerprint density at radius 1 is 1.33 bits per heavy atom. The van der Waals surface area contributed by atoms with Crippen LogP contribution in [0.15, 0.2) is 23.9 Å². The van der Waals surface area contributed by atoms with E-state index in [1.165, 1.54) is 18.2 Å². The van der Waals surface area contributed by atoms with Crippen molar-refractivity contribution < 1.29 is 24.0 Å². The smallest absolute Gasteiger partial charge is 0.328 e. The molecular weight excluding hydrogens is 485 g/mol. The number of amides is 1. The van der Waals surface area contributed by atoms with E-state index in [2.05, 4.69) is 15.3 Å². The Morgan fingerprint density at radius 3 is 2.72 bits per heavy atom. The Kier molecular flexibility index (Phi) is 8.12. The quantitative estimate of drug-likeness (QED) is 0.519. The number of ether oxygens (including phenoxy) is 1. The van der Waals surface area contributed by atoms with E-state index in [0.29, 0.717) is 40.4 Å². The molecular formula is C26H34ClFN5O3+. The fourth-order valence-electron chi connectivity index (χ4n) is 4.75. The molecule has 0 bridgehead atoms. The van der Waals surface area contributed by atoms with Crippen molar-refractivity contribution >= 4 is 23.1 Å². The maximum Gasteiger partial charge on any atom is 0.328 e. The van der Waals surface area contributed by atoms with Gasteiger partial charge in [-0.05, 0) is 56.6 Å². The molecule has 1 atom stereocenters. The summed E-state index contributed by atoms with van der Waals surface area (Å²) in [4.78, 5) is 22.8. The number of rotatable bonds is 7. The number of aryl methyl sites for hydroxylation is 2. The normalized spacial score (nSPS) is 21.1. The molecule has 2 aliphatic rings. The van der Waals surface area contributed by atoms with E-state index in [4.69, 9.17) is 22.1 Å². The van der Waals surface area contributed by atoms with Gasteiger partial charge in [0, 0.05) is 31.3 Å². The van der Waals surface area contributed by atoms with Crippen LogP contribution < -0.4 is 20.8 Å². The van der Waals surface area contributed by atoms with E-state index in [0.717, 1.165) is 37.0 Å². The van der Waals surface area contributed by atoms with Crippen molar-refractivity contribution in [2.75, 3.05) is 19.6 Å². The molecule has 4 rings (SSSR count). The van der Waals surface area contributed by atoms with Crippen molar-refractivity contribution in [3.63, 3.8) is 0 Å². The number of aliphatic hydroxyl groups excluding tert-OH is 1. The third-order valence-electron chi connectivity index (χ3n) is 6.75. The van der Waals surface area contributed by atoms with Gasteiger partial charge in [-0.1, -0.05) is 11.6 Å². The molecule has 1 aromatic heterocycles. The van der Waals surface area contributed by atoms with Crippen LogP contribution in [-0.4, -0.2) is 58.8 Å². The molecule has 1 amide bonds. The van der Waals surface area contributed by atoms with E-state index in [1.807, 2.05) is 13.8 Å². The molecule has 1 fully saturated rings. The lowest BCUT2D eigenvalue weighted by Crippen LogP contribution is -2.39. The molecule has 10 heteroatoms. The number of carbonyl (C=O) groups excluding carboxylic acids is 1. The first-order valence-corrected chi connectivity index (χ1v) is 12.7. The zero-order valence-electron chi connectivity index (χ0n) is 20.9. The second-order valence-corrected chi connectivity index (χ2v) is 10.1. The average Bonchev–Trinajstić information content (AvgIpc) is 3.23. The van der Waals surface area contributed by atoms with E-state index in [-0.39, 0.29) is 30.9 Å². The molecule has 0 saturated heterocycles. The number of nitrogens with two attached hydrogens (primary N) is 1. The second-order valence-electron chi connectivity index (χ2n) is 9.76. The first-order valence-electron chi connectivity index (χ1n) is 12.3. The summed E-state index contributed by atoms with van der Waals surface area (Å²) in [5, 5.41) is 13.4. The Morgan fingerprint density at radius 2 is 2.06 bits per heavy atom. The summed E-state index contributed by atoms with van der Waals surface area (Å²) >= 11 is 6.23. The standard InChI is InChI=1S/C26H33ClFN5O3/c1-14(34)11-30-18-5-7-19(8-6-18)36-23-10-17(28)4-9-20(23)26(35)33-12-21(22(29)13-33)25-31-15(2)24(27)16(3)32-25/h4,9-10,14,18-19,30,34H,5-8,11-13,29H2,1-3H3/p+1. The fraction of sp³-hybridized carbons (Fsp3) is 0.500. The maximum atomic E-state index is 14.1. The SMILES string of the molecule is Cc1nc(C2=C(N)CN(C(=O)c3ccc(F)cc3OC3CCC(NCC(C)O)CC3)C2)[nH+]c(C)c1Cl. The Hall–Kier alpha value is -2.75. The molecule has 1 aromatic carbocycles. The van der Waals surface area contributed by atoms with Crippen LogP contribution in [0.2, 0.25) is 5.02 Å². The van der Waals surface area contributed by atoms with Gasteiger partial charge in [0.2, 0.25) is 0 Å². The highest BCUT2D eigenvalue weighted by Gasteiger charge is 2.33. The van der Waals surface area contributed by atoms with Gasteiger partial charge in [0.15, 0.2) is 5.69 Å². The molecule has 1 aliphatic carbocycles. The molecule has 194 valence electrons. The van der Waals surface area contributed by atoms with Crippen molar-refractivity contribution in [1.82, 2.24) is 15.2 Å². The molecule has 8 nitrogen and oxygen atoms in total. The molecule has 1 unspecified atom stereocenters. The predicted molar refractivity (Wildman–Crippen MR) is 135 cm³/mol. The van der Waals surface area contributed by atoms with Gasteiger partial charge in [-0.25, -0.2) is 9.37 Å². The minimum atomic E-state index is -0.459. The van der Waals surface area contributed by atoms with Crippen molar-refractivity contribution in [2.24, 2.45) is 5.73 Å². The minimum Gasteiger partial charge on any atom is -0.489 e. The number of nitrogens with one attached hydrogen (secondary N) is 2. The van der Waals surface area contributed by atoms with Crippen molar-refractivity contribution in [3.05, 3.63) is 57.5 Å². The Balaban J connectivity index is 1.45. The number of H-pyrrole nitrogens is 1. The van der Waals surface area contributed by atoms with Gasteiger partial charge < -0.3 is 25.8 Å². The highest BCUT2D eigenvalue weighted by molar-refractivity contribution is 6.31. The van der Waals surface area contributed by atoms with E-state index < -0.39 is 11.9 Å². The van der Waals surface area contributed by atoms with Crippen LogP contribution in [0.1, 0.15) is 60.2 Å². The van der Waals surface area contributed by atoms with Gasteiger partial charge >= 0.3 is 5.82 Å². The zero-order chi connectivity index (χ0) is 26.0. The lowest BCUT2D eigenvalue weighted by atomic mass is 9.92. The second kappa shape index (κ2) is 11.1. The van der Waals surface area contributed by atoms with Gasteiger partial charge in [-0.3, -0.25) is 4.79 Å². The average molecular weight is 519 g/mol. The molecule has 1 aliphatic heterocycles. The number of carbonyl (C=O) groups is 1. The van der Waals surface area contributed by atoms with Gasteiger partial charge in [0.05, 0.1) is 36.4 Å². The summed E-state index contributed by atoms with van der Waals surface area (Å²) in [6, 6.07) is 4.33. The molecule has 0 radical (unpaired) electrons. The number of aromatic nitrogens is 2. The van der Waals surface area contributed by atoms with Gasteiger partial charge in [0.25, 0.3) is 5.91 Å². The van der Waals surface area contributed by atoms with E-state index in [9.17, 15) is 14.3 Å². The Labute approximate surface area is 215 Å². The van der Waals surface area contributed by atoms with Crippen molar-refractivity contribution in [2.45, 2.75) is 64.7 Å². The monoisotopic (exact) mass is 518 g/mol. The van der Waals surface area contributed by atoms with Gasteiger partial charge in [-0.15, -0.1) is 0 Å². The van der Waals surface area contributed by atoms with Gasteiger partial charge in [-0.2, -0.15) is 0 Å². The summed E-state index contributed by atoms with van der Waals surface area (Å²) in [7, 11) is 0. The number of benzene rings is 1. The molecule has 0 spiro atoms. The third kappa shape index (κ3) is 5.96. The summed E-state index contributed by atoms with van der Waals surface area (Å²) in [6.07, 6.45) is 2.82. The van der Waals surface area contributed by atoms with E-state index in [1.54, 1.807) is 11.8 Å². The highest BCUT2D eigenvalue weighted by Crippen LogP contribution is 2.30. The van der Waals surface area contributed by atoms with Crippen LogP contribution >= 0.6 is 11.6 Å². The number of nitrogens with zero attached hydrogens (tertiary/aromatic N) is 2. The topological polar surface area (TPSA) is 115 Å². The molecule has 36 heavy (non-hydrogen) atoms. The largest absolute Gasteiger partial charge is 0.489 e. The minimum absolute atomic E-state index is 0.112. The third-order valence-corrected chi connectivity index (χ3v) is 7.30. The lowest BCUT2D eigenvalue weighted by molar-refractivity contribution is -0.396. The summed E-state index contributed by atoms with van der Waals surface area (Å²) in [5.74, 6) is 0.0890. The number of aliphatic hydroxyl groups is 1. The summed E-state index contributed by atoms with van der Waals surface area (Å²) < 4.78 is 20.3. The van der Waals surface area contributed by atoms with Crippen LogP contribution in [0.4, 0.5) is 4.39 Å². The van der Waals surface area contributed by atoms with Crippen molar-refractivity contribution in [3.8, 4) is 5.75 Å². The number of hydrogen-bond donors (Lipinski definition) is 3. The van der Waals surface area contributed by atoms with Crippen LogP contribution in [0, 0.1) is 19.7 Å². The van der Waals surface area contributed by atoms with Crippen molar-refractivity contribution in [1.29, 1.82) is 0 Å². The van der Waals surface area contributed by atoms with Crippen LogP contribution in [-0.2, 0) is 0 Å². The molecule has 1 saturated carbocycles. The molecule has 5 N–H and O–H groups in total. The summed E-state index contributed by atoms with van der Waals surface area (Å²) in [6.45, 7) is 6.49. The van der Waals surface area contributed by atoms with E-state index >= 15 is 0 Å². The first kappa shape index (κ1) is 26.3. The maximum absolute atomic E-state index is 14.1. The molecule has 2 heterocycles. The number of aromatic amines is 1. The van der Waals surface area contributed by atoms with Crippen LogP contribution in [0.3, 0.4) is 0 Å². The number of halogens is 2. The molecule has 2 aromatic rings. The van der Waals surface area contributed by atoms with Gasteiger partial charge in [0.1, 0.15) is 22.3 Å².